The lowest BCUT2D eigenvalue weighted by molar-refractivity contribution is -0.122. The van der Waals surface area contributed by atoms with E-state index >= 15 is 0 Å². The molecule has 2 aromatic rings. The Bertz CT molecular complexity index is 1040. The lowest BCUT2D eigenvalue weighted by Crippen LogP contribution is -2.40. The molecule has 0 saturated carbocycles. The highest BCUT2D eigenvalue weighted by Crippen LogP contribution is 2.25. The molecular weight excluding hydrogens is 488 g/mol. The molecule has 8 heteroatoms. The fraction of sp³-hybridized carbons (Fsp3) is 0.613. The van der Waals surface area contributed by atoms with Crippen LogP contribution in [0.15, 0.2) is 36.5 Å². The van der Waals surface area contributed by atoms with Crippen molar-refractivity contribution in [1.29, 1.82) is 0 Å². The van der Waals surface area contributed by atoms with E-state index < -0.39 is 6.04 Å². The molecule has 1 saturated heterocycles. The SMILES string of the molecule is N[C@H]1CCCCCc2nc(ncc2C(=O)CC2CCN(Cc3ccccc3)CC2)NCCCCCCNC1=O. The predicted molar refractivity (Wildman–Crippen MR) is 156 cm³/mol. The molecule has 0 radical (unpaired) electrons. The van der Waals surface area contributed by atoms with Gasteiger partial charge in [0.05, 0.1) is 17.3 Å². The van der Waals surface area contributed by atoms with Crippen molar-refractivity contribution in [3.8, 4) is 0 Å². The number of nitrogens with one attached hydrogen (secondary N) is 2. The maximum atomic E-state index is 13.4. The number of amides is 1. The van der Waals surface area contributed by atoms with Crippen LogP contribution in [0.25, 0.3) is 0 Å². The van der Waals surface area contributed by atoms with Gasteiger partial charge >= 0.3 is 0 Å². The minimum atomic E-state index is -0.449. The number of piperidine rings is 1. The molecule has 8 nitrogen and oxygen atoms in total. The first-order chi connectivity index (χ1) is 19.1. The van der Waals surface area contributed by atoms with Gasteiger partial charge in [-0.15, -0.1) is 0 Å². The molecule has 0 unspecified atom stereocenters. The molecular formula is C31H46N6O2. The summed E-state index contributed by atoms with van der Waals surface area (Å²) in [6.07, 6.45) is 12.6. The molecule has 4 N–H and O–H groups in total. The van der Waals surface area contributed by atoms with Crippen LogP contribution in [0.1, 0.15) is 92.2 Å². The predicted octanol–water partition coefficient (Wildman–Crippen LogP) is 4.49. The largest absolute Gasteiger partial charge is 0.355 e. The normalized spacial score (nSPS) is 21.3. The molecule has 1 aromatic heterocycles. The number of aryl methyl sites for hydroxylation is 1. The van der Waals surface area contributed by atoms with Crippen molar-refractivity contribution in [2.75, 3.05) is 31.5 Å². The van der Waals surface area contributed by atoms with Crippen LogP contribution in [-0.4, -0.2) is 58.8 Å². The van der Waals surface area contributed by atoms with Crippen molar-refractivity contribution < 1.29 is 9.59 Å². The number of likely N-dealkylation sites (tertiary alicyclic amines) is 1. The number of nitrogens with zero attached hydrogens (tertiary/aromatic N) is 3. The number of Topliss-reactive ketones (excluding diaryl/α,β-unsaturated/α-hetero) is 1. The zero-order valence-electron chi connectivity index (χ0n) is 23.4. The third-order valence-corrected chi connectivity index (χ3v) is 8.05. The third kappa shape index (κ3) is 9.69. The Hall–Kier alpha value is -2.84. The van der Waals surface area contributed by atoms with Gasteiger partial charge in [0.25, 0.3) is 0 Å². The quantitative estimate of drug-likeness (QED) is 0.484. The molecule has 2 aliphatic heterocycles. The Balaban J connectivity index is 1.33. The summed E-state index contributed by atoms with van der Waals surface area (Å²) in [5.41, 5.74) is 8.96. The summed E-state index contributed by atoms with van der Waals surface area (Å²) in [6.45, 7) is 4.52. The average molecular weight is 535 g/mol. The minimum Gasteiger partial charge on any atom is -0.355 e. The van der Waals surface area contributed by atoms with Crippen LogP contribution in [0.2, 0.25) is 0 Å². The third-order valence-electron chi connectivity index (χ3n) is 8.05. The zero-order valence-corrected chi connectivity index (χ0v) is 23.4. The average Bonchev–Trinajstić information content (AvgIpc) is 2.95. The number of benzene rings is 1. The summed E-state index contributed by atoms with van der Waals surface area (Å²) in [7, 11) is 0. The first kappa shape index (κ1) is 29.2. The molecule has 1 fully saturated rings. The summed E-state index contributed by atoms with van der Waals surface area (Å²) in [5.74, 6) is 1.14. The van der Waals surface area contributed by atoms with Crippen LogP contribution in [0.4, 0.5) is 5.95 Å². The van der Waals surface area contributed by atoms with Gasteiger partial charge in [0.1, 0.15) is 0 Å². The smallest absolute Gasteiger partial charge is 0.236 e. The van der Waals surface area contributed by atoms with Crippen molar-refractivity contribution in [2.45, 2.75) is 89.6 Å². The van der Waals surface area contributed by atoms with Crippen LogP contribution in [0.3, 0.4) is 0 Å². The topological polar surface area (TPSA) is 113 Å². The lowest BCUT2D eigenvalue weighted by Gasteiger charge is -2.31. The van der Waals surface area contributed by atoms with E-state index in [1.165, 1.54) is 5.56 Å². The van der Waals surface area contributed by atoms with Gasteiger partial charge in [-0.25, -0.2) is 9.97 Å². The van der Waals surface area contributed by atoms with Gasteiger partial charge in [0.15, 0.2) is 5.78 Å². The second-order valence-corrected chi connectivity index (χ2v) is 11.2. The van der Waals surface area contributed by atoms with Gasteiger partial charge in [-0.2, -0.15) is 0 Å². The zero-order chi connectivity index (χ0) is 27.3. The number of nitrogens with two attached hydrogens (primary N) is 1. The van der Waals surface area contributed by atoms with Crippen LogP contribution in [0.5, 0.6) is 0 Å². The van der Waals surface area contributed by atoms with Gasteiger partial charge < -0.3 is 16.4 Å². The monoisotopic (exact) mass is 534 g/mol. The molecule has 2 bridgehead atoms. The molecule has 4 rings (SSSR count). The lowest BCUT2D eigenvalue weighted by atomic mass is 9.89. The number of ketones is 1. The summed E-state index contributed by atoms with van der Waals surface area (Å²) >= 11 is 0. The number of hydrogen-bond donors (Lipinski definition) is 3. The Morgan fingerprint density at radius 3 is 2.41 bits per heavy atom. The molecule has 212 valence electrons. The van der Waals surface area contributed by atoms with Gasteiger partial charge in [-0.1, -0.05) is 56.0 Å². The van der Waals surface area contributed by atoms with E-state index in [0.29, 0.717) is 36.8 Å². The standard InChI is InChI=1S/C31H46N6O2/c32-27-13-7-4-8-14-28-26(22-35-31(36-28)34-18-10-2-1-9-17-33-30(27)39)29(38)21-24-15-19-37(20-16-24)23-25-11-5-3-6-12-25/h3,5-6,11-12,22,24,27H,1-2,4,7-10,13-21,23,32H2,(H,33,39)(H,34,35,36)/t27-/m0/s1. The first-order valence-corrected chi connectivity index (χ1v) is 15.0. The summed E-state index contributed by atoms with van der Waals surface area (Å²) in [5, 5.41) is 6.32. The minimum absolute atomic E-state index is 0.0444. The van der Waals surface area contributed by atoms with Crippen LogP contribution in [-0.2, 0) is 17.8 Å². The second-order valence-electron chi connectivity index (χ2n) is 11.2. The molecule has 39 heavy (non-hydrogen) atoms. The van der Waals surface area contributed by atoms with E-state index in [1.54, 1.807) is 6.20 Å². The summed E-state index contributed by atoms with van der Waals surface area (Å²) in [4.78, 5) is 37.4. The number of carbonyl (C=O) groups is 2. The fourth-order valence-corrected chi connectivity index (χ4v) is 5.60. The Kier molecular flexibility index (Phi) is 11.7. The Morgan fingerprint density at radius 2 is 1.64 bits per heavy atom. The van der Waals surface area contributed by atoms with Gasteiger partial charge in [0.2, 0.25) is 11.9 Å². The van der Waals surface area contributed by atoms with Gasteiger partial charge in [-0.05, 0) is 69.5 Å². The first-order valence-electron chi connectivity index (χ1n) is 15.0. The number of aromatic nitrogens is 2. The number of carbonyl (C=O) groups excluding carboxylic acids is 2. The van der Waals surface area contributed by atoms with Crippen molar-refractivity contribution >= 4 is 17.6 Å². The van der Waals surface area contributed by atoms with Crippen molar-refractivity contribution in [3.05, 3.63) is 53.3 Å². The fourth-order valence-electron chi connectivity index (χ4n) is 5.60. The highest BCUT2D eigenvalue weighted by Gasteiger charge is 2.24. The van der Waals surface area contributed by atoms with E-state index in [0.717, 1.165) is 96.1 Å². The summed E-state index contributed by atoms with van der Waals surface area (Å²) in [6, 6.07) is 10.1. The molecule has 1 aromatic carbocycles. The maximum Gasteiger partial charge on any atom is 0.236 e. The molecule has 0 spiro atoms. The van der Waals surface area contributed by atoms with Crippen molar-refractivity contribution in [3.63, 3.8) is 0 Å². The summed E-state index contributed by atoms with van der Waals surface area (Å²) < 4.78 is 0. The Morgan fingerprint density at radius 1 is 0.923 bits per heavy atom. The van der Waals surface area contributed by atoms with E-state index in [1.807, 2.05) is 0 Å². The number of hydrogen-bond acceptors (Lipinski definition) is 7. The number of anilines is 1. The molecule has 1 atom stereocenters. The molecule has 2 aliphatic rings. The van der Waals surface area contributed by atoms with Crippen LogP contribution >= 0.6 is 0 Å². The number of fused-ring (bicyclic) bond motifs is 2. The van der Waals surface area contributed by atoms with E-state index in [9.17, 15) is 9.59 Å². The number of rotatable bonds is 5. The van der Waals surface area contributed by atoms with Crippen LogP contribution in [0, 0.1) is 5.92 Å². The highest BCUT2D eigenvalue weighted by molar-refractivity contribution is 5.97. The molecule has 1 amide bonds. The Labute approximate surface area is 233 Å². The maximum absolute atomic E-state index is 13.4. The van der Waals surface area contributed by atoms with E-state index in [4.69, 9.17) is 10.7 Å². The molecule has 0 aliphatic carbocycles. The van der Waals surface area contributed by atoms with Crippen molar-refractivity contribution in [2.24, 2.45) is 11.7 Å². The van der Waals surface area contributed by atoms with E-state index in [-0.39, 0.29) is 11.7 Å². The van der Waals surface area contributed by atoms with Gasteiger partial charge in [0, 0.05) is 32.3 Å². The van der Waals surface area contributed by atoms with E-state index in [2.05, 4.69) is 50.8 Å². The van der Waals surface area contributed by atoms with Crippen molar-refractivity contribution in [1.82, 2.24) is 20.2 Å². The second kappa shape index (κ2) is 15.7. The highest BCUT2D eigenvalue weighted by atomic mass is 16.2. The van der Waals surface area contributed by atoms with Gasteiger partial charge in [-0.3, -0.25) is 14.5 Å². The van der Waals surface area contributed by atoms with Crippen LogP contribution < -0.4 is 16.4 Å². The molecule has 3 heterocycles.